The Hall–Kier alpha value is -3.66. The van der Waals surface area contributed by atoms with Gasteiger partial charge in [-0.15, -0.1) is 0 Å². The molecule has 10 heteroatoms. The van der Waals surface area contributed by atoms with Crippen LogP contribution in [-0.4, -0.2) is 29.9 Å². The van der Waals surface area contributed by atoms with Crippen LogP contribution >= 0.6 is 39.3 Å². The number of halogens is 2. The van der Waals surface area contributed by atoms with Gasteiger partial charge in [-0.2, -0.15) is 0 Å². The van der Waals surface area contributed by atoms with Crippen LogP contribution in [0.4, 0.5) is 4.79 Å². The molecule has 0 aliphatic carbocycles. The quantitative estimate of drug-likeness (QED) is 0.191. The molecule has 4 aromatic rings. The third kappa shape index (κ3) is 5.12. The molecule has 1 saturated heterocycles. The predicted octanol–water partition coefficient (Wildman–Crippen LogP) is 7.81. The number of hydrogen-bond donors (Lipinski definition) is 0. The van der Waals surface area contributed by atoms with E-state index in [9.17, 15) is 9.59 Å². The number of fused-ring (bicyclic) bond motifs is 2. The minimum Gasteiger partial charge on any atom is -0.493 e. The smallest absolute Gasteiger partial charge is 0.293 e. The lowest BCUT2D eigenvalue weighted by Gasteiger charge is -2.15. The van der Waals surface area contributed by atoms with E-state index in [1.165, 1.54) is 0 Å². The number of amides is 2. The number of carbonyl (C=O) groups is 2. The van der Waals surface area contributed by atoms with Gasteiger partial charge in [0, 0.05) is 11.1 Å². The van der Waals surface area contributed by atoms with E-state index in [1.54, 1.807) is 31.4 Å². The third-order valence-corrected chi connectivity index (χ3v) is 8.39. The fourth-order valence-electron chi connectivity index (χ4n) is 4.57. The van der Waals surface area contributed by atoms with Crippen LogP contribution in [0.25, 0.3) is 16.8 Å². The van der Waals surface area contributed by atoms with Crippen LogP contribution in [-0.2, 0) is 17.9 Å². The number of ether oxygens (including phenoxy) is 4. The van der Waals surface area contributed by atoms with E-state index in [-0.39, 0.29) is 18.6 Å². The summed E-state index contributed by atoms with van der Waals surface area (Å²) in [7, 11) is 1.55. The molecule has 2 heterocycles. The van der Waals surface area contributed by atoms with Crippen molar-refractivity contribution in [2.24, 2.45) is 0 Å². The van der Waals surface area contributed by atoms with Crippen molar-refractivity contribution in [2.75, 3.05) is 13.9 Å². The molecule has 1 fully saturated rings. The van der Waals surface area contributed by atoms with Crippen molar-refractivity contribution in [3.05, 3.63) is 97.8 Å². The molecule has 2 amide bonds. The van der Waals surface area contributed by atoms with E-state index in [1.807, 2.05) is 30.3 Å². The van der Waals surface area contributed by atoms with Crippen LogP contribution in [0, 0.1) is 0 Å². The molecule has 202 valence electrons. The van der Waals surface area contributed by atoms with E-state index in [0.717, 1.165) is 33.0 Å². The molecule has 0 radical (unpaired) electrons. The molecule has 2 aliphatic heterocycles. The summed E-state index contributed by atoms with van der Waals surface area (Å²) in [5, 5.41) is 2.26. The molecule has 0 aromatic heterocycles. The summed E-state index contributed by atoms with van der Waals surface area (Å²) >= 11 is 10.8. The molecule has 0 bridgehead atoms. The highest BCUT2D eigenvalue weighted by Gasteiger charge is 2.36. The van der Waals surface area contributed by atoms with Gasteiger partial charge >= 0.3 is 0 Å². The Bertz CT molecular complexity index is 1700. The topological polar surface area (TPSA) is 74.3 Å². The first-order chi connectivity index (χ1) is 19.4. The number of thioether (sulfide) groups is 1. The maximum Gasteiger partial charge on any atom is 0.293 e. The Morgan fingerprint density at radius 3 is 2.62 bits per heavy atom. The number of benzene rings is 4. The SMILES string of the molecule is COc1cc(/C=C2\SC(=O)N(Cc3cc4c(cc3Cl)OCO4)C2=O)cc(Br)c1OCc1cccc2ccccc12. The summed E-state index contributed by atoms with van der Waals surface area (Å²) in [5.74, 6) is 1.69. The van der Waals surface area contributed by atoms with E-state index in [2.05, 4.69) is 34.1 Å². The summed E-state index contributed by atoms with van der Waals surface area (Å²) in [6.07, 6.45) is 1.66. The van der Waals surface area contributed by atoms with Crippen LogP contribution in [0.15, 0.2) is 76.1 Å². The number of hydrogen-bond acceptors (Lipinski definition) is 7. The van der Waals surface area contributed by atoms with E-state index in [0.29, 0.717) is 55.1 Å². The van der Waals surface area contributed by atoms with Crippen molar-refractivity contribution in [1.29, 1.82) is 0 Å². The highest BCUT2D eigenvalue weighted by atomic mass is 79.9. The highest BCUT2D eigenvalue weighted by molar-refractivity contribution is 9.10. The maximum absolute atomic E-state index is 13.2. The zero-order chi connectivity index (χ0) is 27.8. The van der Waals surface area contributed by atoms with Crippen molar-refractivity contribution < 1.29 is 28.5 Å². The lowest BCUT2D eigenvalue weighted by molar-refractivity contribution is -0.123. The molecule has 2 aliphatic rings. The van der Waals surface area contributed by atoms with Gasteiger partial charge in [0.1, 0.15) is 6.61 Å². The predicted molar refractivity (Wildman–Crippen MR) is 158 cm³/mol. The minimum absolute atomic E-state index is 0.0193. The Kier molecular flexibility index (Phi) is 7.35. The van der Waals surface area contributed by atoms with Gasteiger partial charge in [-0.25, -0.2) is 0 Å². The molecule has 0 N–H and O–H groups in total. The Morgan fingerprint density at radius 2 is 1.80 bits per heavy atom. The molecule has 40 heavy (non-hydrogen) atoms. The normalized spacial score (nSPS) is 15.4. The van der Waals surface area contributed by atoms with E-state index in [4.69, 9.17) is 30.5 Å². The van der Waals surface area contributed by atoms with Crippen LogP contribution in [0.2, 0.25) is 5.02 Å². The fourth-order valence-corrected chi connectivity index (χ4v) is 6.20. The average molecular weight is 639 g/mol. The lowest BCUT2D eigenvalue weighted by atomic mass is 10.1. The van der Waals surface area contributed by atoms with Crippen molar-refractivity contribution in [3.63, 3.8) is 0 Å². The Morgan fingerprint density at radius 1 is 1.02 bits per heavy atom. The second-order valence-electron chi connectivity index (χ2n) is 9.03. The Balaban J connectivity index is 1.22. The van der Waals surface area contributed by atoms with Gasteiger partial charge in [0.25, 0.3) is 11.1 Å². The average Bonchev–Trinajstić information content (AvgIpc) is 3.51. The molecule has 0 unspecified atom stereocenters. The van der Waals surface area contributed by atoms with Crippen molar-refractivity contribution in [1.82, 2.24) is 4.90 Å². The van der Waals surface area contributed by atoms with E-state index < -0.39 is 5.91 Å². The first-order valence-corrected chi connectivity index (χ1v) is 14.2. The summed E-state index contributed by atoms with van der Waals surface area (Å²) < 4.78 is 23.2. The van der Waals surface area contributed by atoms with Crippen molar-refractivity contribution in [3.8, 4) is 23.0 Å². The largest absolute Gasteiger partial charge is 0.493 e. The zero-order valence-electron chi connectivity index (χ0n) is 21.1. The van der Waals surface area contributed by atoms with Gasteiger partial charge in [0.15, 0.2) is 23.0 Å². The molecule has 6 rings (SSSR count). The lowest BCUT2D eigenvalue weighted by Crippen LogP contribution is -2.27. The second-order valence-corrected chi connectivity index (χ2v) is 11.3. The molecule has 0 atom stereocenters. The zero-order valence-corrected chi connectivity index (χ0v) is 24.3. The third-order valence-electron chi connectivity index (χ3n) is 6.55. The molecule has 7 nitrogen and oxygen atoms in total. The van der Waals surface area contributed by atoms with Gasteiger partial charge < -0.3 is 18.9 Å². The molecular weight excluding hydrogens is 618 g/mol. The van der Waals surface area contributed by atoms with Gasteiger partial charge in [0.2, 0.25) is 6.79 Å². The maximum atomic E-state index is 13.2. The van der Waals surface area contributed by atoms with Gasteiger partial charge in [-0.1, -0.05) is 54.1 Å². The van der Waals surface area contributed by atoms with Crippen molar-refractivity contribution in [2.45, 2.75) is 13.2 Å². The number of methoxy groups -OCH3 is 1. The summed E-state index contributed by atoms with van der Waals surface area (Å²) in [4.78, 5) is 27.4. The van der Waals surface area contributed by atoms with Crippen LogP contribution in [0.3, 0.4) is 0 Å². The summed E-state index contributed by atoms with van der Waals surface area (Å²) in [5.41, 5.74) is 2.31. The van der Waals surface area contributed by atoms with E-state index >= 15 is 0 Å². The number of carbonyl (C=O) groups excluding carboxylic acids is 2. The summed E-state index contributed by atoms with van der Waals surface area (Å²) in [6, 6.07) is 21.2. The van der Waals surface area contributed by atoms with Crippen LogP contribution in [0.1, 0.15) is 16.7 Å². The molecule has 0 spiro atoms. The molecular formula is C30H21BrClNO6S. The number of rotatable bonds is 7. The van der Waals surface area contributed by atoms with Gasteiger partial charge in [-0.3, -0.25) is 14.5 Å². The summed E-state index contributed by atoms with van der Waals surface area (Å²) in [6.45, 7) is 0.466. The highest BCUT2D eigenvalue weighted by Crippen LogP contribution is 2.41. The second kappa shape index (κ2) is 11.1. The Labute approximate surface area is 247 Å². The molecule has 0 saturated carbocycles. The van der Waals surface area contributed by atoms with Crippen LogP contribution < -0.4 is 18.9 Å². The minimum atomic E-state index is -0.407. The fraction of sp³-hybridized carbons (Fsp3) is 0.133. The number of nitrogens with zero attached hydrogens (tertiary/aromatic N) is 1. The molecule has 4 aromatic carbocycles. The first-order valence-electron chi connectivity index (χ1n) is 12.2. The monoisotopic (exact) mass is 637 g/mol. The standard InChI is InChI=1S/C30H21BrClNO6S/c1-36-26-10-17(9-22(31)28(26)37-15-19-7-4-6-18-5-2-3-8-21(18)19)11-27-29(34)33(30(35)40-27)14-20-12-24-25(13-23(20)32)39-16-38-24/h2-13H,14-16H2,1H3/b27-11-. The van der Waals surface area contributed by atoms with Gasteiger partial charge in [0.05, 0.1) is 23.0 Å². The van der Waals surface area contributed by atoms with Gasteiger partial charge in [-0.05, 0) is 79.4 Å². The number of imide groups is 1. The van der Waals surface area contributed by atoms with Crippen LogP contribution in [0.5, 0.6) is 23.0 Å². The first kappa shape index (κ1) is 26.6. The van der Waals surface area contributed by atoms with Crippen molar-refractivity contribution >= 4 is 67.3 Å².